The summed E-state index contributed by atoms with van der Waals surface area (Å²) in [4.78, 5) is 30.5. The Kier molecular flexibility index (Phi) is 6.62. The highest BCUT2D eigenvalue weighted by atomic mass is 19.4. The van der Waals surface area contributed by atoms with Gasteiger partial charge in [0, 0.05) is 30.4 Å². The molecule has 1 atom stereocenters. The van der Waals surface area contributed by atoms with Gasteiger partial charge in [-0.15, -0.1) is 0 Å². The molecule has 39 heavy (non-hydrogen) atoms. The zero-order valence-corrected chi connectivity index (χ0v) is 20.2. The minimum atomic E-state index is -4.93. The van der Waals surface area contributed by atoms with Crippen LogP contribution in [0.4, 0.5) is 23.2 Å². The molecule has 1 aliphatic heterocycles. The Labute approximate surface area is 218 Å². The van der Waals surface area contributed by atoms with Crippen LogP contribution in [0.5, 0.6) is 11.6 Å². The number of pyridine rings is 2. The number of nitrogens with zero attached hydrogens (tertiary/aromatic N) is 3. The number of hydrogen-bond acceptors (Lipinski definition) is 6. The number of ether oxygens (including phenoxy) is 1. The SMILES string of the molecule is O=C(O)c1cn(-c2ccc(O)cc2C(F)(F)F)c2cc(N3CCC[C@@H]3COc3ccccn3)c(F)cc2c1=O. The molecular weight excluding hydrogens is 522 g/mol. The lowest BCUT2D eigenvalue weighted by atomic mass is 10.1. The summed E-state index contributed by atoms with van der Waals surface area (Å²) >= 11 is 0. The molecular formula is C27H21F4N3O5. The molecule has 8 nitrogen and oxygen atoms in total. The van der Waals surface area contributed by atoms with Gasteiger partial charge in [-0.05, 0) is 49.2 Å². The second-order valence-electron chi connectivity index (χ2n) is 9.04. The average molecular weight is 543 g/mol. The summed E-state index contributed by atoms with van der Waals surface area (Å²) < 4.78 is 63.9. The van der Waals surface area contributed by atoms with Crippen molar-refractivity contribution in [2.45, 2.75) is 25.1 Å². The Balaban J connectivity index is 1.67. The van der Waals surface area contributed by atoms with E-state index in [1.165, 1.54) is 6.07 Å². The number of carboxylic acid groups (broad SMARTS) is 1. The van der Waals surface area contributed by atoms with Gasteiger partial charge in [0.2, 0.25) is 11.3 Å². The molecule has 202 valence electrons. The maximum absolute atomic E-state index is 15.5. The fourth-order valence-electron chi connectivity index (χ4n) is 4.81. The second kappa shape index (κ2) is 9.93. The van der Waals surface area contributed by atoms with Crippen molar-refractivity contribution >= 4 is 22.6 Å². The Morgan fingerprint density at radius 3 is 2.62 bits per heavy atom. The van der Waals surface area contributed by atoms with Crippen LogP contribution in [0, 0.1) is 5.82 Å². The smallest absolute Gasteiger partial charge is 0.418 e. The molecule has 4 aromatic rings. The van der Waals surface area contributed by atoms with E-state index in [1.807, 2.05) is 0 Å². The summed E-state index contributed by atoms with van der Waals surface area (Å²) in [6.45, 7) is 0.582. The maximum Gasteiger partial charge on any atom is 0.418 e. The first kappa shape index (κ1) is 26.0. The van der Waals surface area contributed by atoms with Gasteiger partial charge in [0.05, 0.1) is 28.5 Å². The second-order valence-corrected chi connectivity index (χ2v) is 9.04. The fourth-order valence-corrected chi connectivity index (χ4v) is 4.81. The van der Waals surface area contributed by atoms with Crippen molar-refractivity contribution < 1.29 is 37.3 Å². The van der Waals surface area contributed by atoms with Crippen molar-refractivity contribution in [3.05, 3.63) is 88.1 Å². The lowest BCUT2D eigenvalue weighted by molar-refractivity contribution is -0.137. The van der Waals surface area contributed by atoms with Gasteiger partial charge in [-0.2, -0.15) is 13.2 Å². The molecule has 12 heteroatoms. The van der Waals surface area contributed by atoms with E-state index < -0.39 is 51.3 Å². The number of rotatable bonds is 6. The predicted molar refractivity (Wildman–Crippen MR) is 133 cm³/mol. The van der Waals surface area contributed by atoms with E-state index in [1.54, 1.807) is 29.3 Å². The zero-order chi connectivity index (χ0) is 27.9. The van der Waals surface area contributed by atoms with Crippen molar-refractivity contribution in [3.63, 3.8) is 0 Å². The Morgan fingerprint density at radius 2 is 1.92 bits per heavy atom. The van der Waals surface area contributed by atoms with E-state index in [0.717, 1.165) is 29.0 Å². The summed E-state index contributed by atoms with van der Waals surface area (Å²) in [6, 6.07) is 9.40. The van der Waals surface area contributed by atoms with Crippen LogP contribution in [-0.4, -0.2) is 44.9 Å². The molecule has 5 rings (SSSR count). The summed E-state index contributed by atoms with van der Waals surface area (Å²) in [6.07, 6.45) is -1.26. The molecule has 0 aliphatic carbocycles. The Morgan fingerprint density at radius 1 is 1.13 bits per heavy atom. The van der Waals surface area contributed by atoms with Crippen molar-refractivity contribution in [3.8, 4) is 17.3 Å². The van der Waals surface area contributed by atoms with Crippen LogP contribution >= 0.6 is 0 Å². The van der Waals surface area contributed by atoms with E-state index in [4.69, 9.17) is 4.74 Å². The minimum Gasteiger partial charge on any atom is -0.508 e. The minimum absolute atomic E-state index is 0.0261. The number of anilines is 1. The highest BCUT2D eigenvalue weighted by Crippen LogP contribution is 2.38. The molecule has 0 bridgehead atoms. The van der Waals surface area contributed by atoms with E-state index in [2.05, 4.69) is 4.98 Å². The number of alkyl halides is 3. The van der Waals surface area contributed by atoms with Crippen LogP contribution < -0.4 is 15.1 Å². The van der Waals surface area contributed by atoms with Crippen LogP contribution in [0.15, 0.2) is 65.7 Å². The van der Waals surface area contributed by atoms with Crippen molar-refractivity contribution in [2.24, 2.45) is 0 Å². The van der Waals surface area contributed by atoms with Gasteiger partial charge in [0.15, 0.2) is 0 Å². The van der Waals surface area contributed by atoms with Crippen molar-refractivity contribution in [2.75, 3.05) is 18.1 Å². The number of carbonyl (C=O) groups is 1. The van der Waals surface area contributed by atoms with Gasteiger partial charge in [-0.25, -0.2) is 14.2 Å². The van der Waals surface area contributed by atoms with Crippen LogP contribution in [0.3, 0.4) is 0 Å². The van der Waals surface area contributed by atoms with Crippen molar-refractivity contribution in [1.82, 2.24) is 9.55 Å². The van der Waals surface area contributed by atoms with Gasteiger partial charge in [0.25, 0.3) is 0 Å². The standard InChI is InChI=1S/C27H21F4N3O5/c28-20-11-17-22(12-23(20)33-9-3-4-15(33)14-39-24-5-1-2-8-32-24)34(13-18(25(17)36)26(37)38)21-7-6-16(35)10-19(21)27(29,30)31/h1-2,5-8,10-13,15,35H,3-4,9,14H2,(H,37,38)/t15-/m1/s1. The normalized spacial score (nSPS) is 15.6. The topological polar surface area (TPSA) is 105 Å². The Bertz CT molecular complexity index is 1620. The molecule has 0 unspecified atom stereocenters. The van der Waals surface area contributed by atoms with Crippen LogP contribution in [0.25, 0.3) is 16.6 Å². The predicted octanol–water partition coefficient (Wildman–Crippen LogP) is 5.00. The van der Waals surface area contributed by atoms with E-state index >= 15 is 4.39 Å². The molecule has 0 radical (unpaired) electrons. The van der Waals surface area contributed by atoms with E-state index in [9.17, 15) is 33.0 Å². The summed E-state index contributed by atoms with van der Waals surface area (Å²) in [7, 11) is 0. The highest BCUT2D eigenvalue weighted by molar-refractivity contribution is 5.94. The fraction of sp³-hybridized carbons (Fsp3) is 0.222. The number of aromatic carboxylic acids is 1. The molecule has 1 saturated heterocycles. The first-order valence-corrected chi connectivity index (χ1v) is 11.9. The number of halogens is 4. The van der Waals surface area contributed by atoms with Crippen LogP contribution in [0.1, 0.15) is 28.8 Å². The third-order valence-electron chi connectivity index (χ3n) is 6.60. The summed E-state index contributed by atoms with van der Waals surface area (Å²) in [5, 5.41) is 18.9. The number of hydrogen-bond donors (Lipinski definition) is 2. The van der Waals surface area contributed by atoms with Crippen LogP contribution in [-0.2, 0) is 6.18 Å². The number of phenols is 1. The quantitative estimate of drug-likeness (QED) is 0.330. The molecule has 1 aliphatic rings. The number of benzene rings is 2. The lowest BCUT2D eigenvalue weighted by Crippen LogP contribution is -2.35. The Hall–Kier alpha value is -4.61. The molecule has 2 aromatic heterocycles. The number of fused-ring (bicyclic) bond motifs is 1. The largest absolute Gasteiger partial charge is 0.508 e. The summed E-state index contributed by atoms with van der Waals surface area (Å²) in [5.41, 5.74) is -3.78. The van der Waals surface area contributed by atoms with E-state index in [0.29, 0.717) is 31.3 Å². The molecule has 2 aromatic carbocycles. The van der Waals surface area contributed by atoms with Crippen molar-refractivity contribution in [1.29, 1.82) is 0 Å². The first-order valence-electron chi connectivity index (χ1n) is 11.9. The molecule has 1 fully saturated rings. The third-order valence-corrected chi connectivity index (χ3v) is 6.60. The number of phenolic OH excluding ortho intramolecular Hbond substituents is 1. The zero-order valence-electron chi connectivity index (χ0n) is 20.2. The molecule has 0 spiro atoms. The van der Waals surface area contributed by atoms with Gasteiger partial charge in [-0.3, -0.25) is 4.79 Å². The van der Waals surface area contributed by atoms with E-state index in [-0.39, 0.29) is 23.9 Å². The number of aromatic hydroxyl groups is 1. The maximum atomic E-state index is 15.5. The molecule has 0 amide bonds. The monoisotopic (exact) mass is 543 g/mol. The van der Waals surface area contributed by atoms with Gasteiger partial charge >= 0.3 is 12.1 Å². The third kappa shape index (κ3) is 4.97. The lowest BCUT2D eigenvalue weighted by Gasteiger charge is -2.28. The number of carboxylic acids is 1. The molecule has 2 N–H and O–H groups in total. The van der Waals surface area contributed by atoms with Gasteiger partial charge in [0.1, 0.15) is 23.7 Å². The highest BCUT2D eigenvalue weighted by Gasteiger charge is 2.35. The first-order chi connectivity index (χ1) is 18.5. The molecule has 3 heterocycles. The van der Waals surface area contributed by atoms with Gasteiger partial charge < -0.3 is 24.4 Å². The van der Waals surface area contributed by atoms with Gasteiger partial charge in [-0.1, -0.05) is 6.07 Å². The molecule has 0 saturated carbocycles. The average Bonchev–Trinajstić information content (AvgIpc) is 3.36. The number of aromatic nitrogens is 2. The van der Waals surface area contributed by atoms with Crippen LogP contribution in [0.2, 0.25) is 0 Å². The summed E-state index contributed by atoms with van der Waals surface area (Å²) in [5.74, 6) is -2.79.